The molecule has 4 rings (SSSR count). The number of amides is 2. The van der Waals surface area contributed by atoms with E-state index in [1.807, 2.05) is 38.1 Å². The number of fused-ring (bicyclic) bond motifs is 3. The predicted octanol–water partition coefficient (Wildman–Crippen LogP) is 3.02. The van der Waals surface area contributed by atoms with Gasteiger partial charge in [0.25, 0.3) is 5.91 Å². The maximum absolute atomic E-state index is 12.4. The number of carbonyl (C=O) groups excluding carboxylic acids is 3. The van der Waals surface area contributed by atoms with Crippen molar-refractivity contribution >= 4 is 34.8 Å². The Balaban J connectivity index is 1.39. The second-order valence-corrected chi connectivity index (χ2v) is 7.52. The van der Waals surface area contributed by atoms with Crippen LogP contribution >= 0.6 is 0 Å². The monoisotopic (exact) mass is 393 g/mol. The van der Waals surface area contributed by atoms with Gasteiger partial charge in [-0.15, -0.1) is 0 Å². The van der Waals surface area contributed by atoms with Gasteiger partial charge in [0, 0.05) is 12.2 Å². The Labute approximate surface area is 169 Å². The molecule has 2 aromatic carbocycles. The minimum absolute atomic E-state index is 0.0478. The minimum Gasteiger partial charge on any atom is -0.452 e. The van der Waals surface area contributed by atoms with E-state index in [-0.39, 0.29) is 18.6 Å². The fraction of sp³-hybridized carbons (Fsp3) is 0.318. The number of esters is 1. The van der Waals surface area contributed by atoms with Crippen LogP contribution in [0.3, 0.4) is 0 Å². The highest BCUT2D eigenvalue weighted by atomic mass is 16.5. The van der Waals surface area contributed by atoms with Gasteiger partial charge in [0.1, 0.15) is 6.04 Å². The highest BCUT2D eigenvalue weighted by Crippen LogP contribution is 2.37. The van der Waals surface area contributed by atoms with E-state index in [0.29, 0.717) is 16.9 Å². The molecule has 2 aromatic rings. The molecule has 2 amide bonds. The lowest BCUT2D eigenvalue weighted by atomic mass is 10.1. The summed E-state index contributed by atoms with van der Waals surface area (Å²) in [6, 6.07) is 10.6. The summed E-state index contributed by atoms with van der Waals surface area (Å²) in [5, 5.41) is 5.61. The van der Waals surface area contributed by atoms with Crippen molar-refractivity contribution in [2.24, 2.45) is 0 Å². The normalized spacial score (nSPS) is 17.2. The molecule has 0 radical (unpaired) electrons. The quantitative estimate of drug-likeness (QED) is 0.780. The Hall–Kier alpha value is -3.35. The van der Waals surface area contributed by atoms with Gasteiger partial charge in [0.2, 0.25) is 5.91 Å². The third-order valence-electron chi connectivity index (χ3n) is 5.35. The first-order chi connectivity index (χ1) is 13.9. The van der Waals surface area contributed by atoms with Crippen LogP contribution in [0.1, 0.15) is 34.3 Å². The highest BCUT2D eigenvalue weighted by molar-refractivity contribution is 6.05. The SMILES string of the molecule is Cc1ccc(NC(=O)COC(=O)c2ccc3c(c2)NC(=O)[C@@H]2CCCN32)c(C)c1. The Morgan fingerprint density at radius 1 is 1.21 bits per heavy atom. The summed E-state index contributed by atoms with van der Waals surface area (Å²) in [5.74, 6) is -1.06. The van der Waals surface area contributed by atoms with E-state index < -0.39 is 11.9 Å². The maximum atomic E-state index is 12.4. The molecule has 0 bridgehead atoms. The predicted molar refractivity (Wildman–Crippen MR) is 110 cm³/mol. The van der Waals surface area contributed by atoms with Gasteiger partial charge in [-0.3, -0.25) is 9.59 Å². The number of aryl methyl sites for hydroxylation is 2. The van der Waals surface area contributed by atoms with E-state index in [1.165, 1.54) is 0 Å². The molecule has 0 aliphatic carbocycles. The van der Waals surface area contributed by atoms with Gasteiger partial charge in [-0.2, -0.15) is 0 Å². The third-order valence-corrected chi connectivity index (χ3v) is 5.35. The number of hydrogen-bond donors (Lipinski definition) is 2. The largest absolute Gasteiger partial charge is 0.452 e. The number of hydrogen-bond acceptors (Lipinski definition) is 5. The fourth-order valence-electron chi connectivity index (χ4n) is 3.91. The third kappa shape index (κ3) is 3.81. The van der Waals surface area contributed by atoms with Crippen molar-refractivity contribution in [2.75, 3.05) is 28.7 Å². The molecule has 1 saturated heterocycles. The zero-order chi connectivity index (χ0) is 20.5. The zero-order valence-electron chi connectivity index (χ0n) is 16.5. The van der Waals surface area contributed by atoms with E-state index in [1.54, 1.807) is 12.1 Å². The first kappa shape index (κ1) is 19.0. The summed E-state index contributed by atoms with van der Waals surface area (Å²) in [5.41, 5.74) is 4.54. The summed E-state index contributed by atoms with van der Waals surface area (Å²) in [7, 11) is 0. The standard InChI is InChI=1S/C22H23N3O4/c1-13-5-7-16(14(2)10-13)23-20(26)12-29-22(28)15-6-8-18-17(11-15)24-21(27)19-4-3-9-25(18)19/h5-8,10-11,19H,3-4,9,12H2,1-2H3,(H,23,26)(H,24,27)/t19-/m0/s1. The zero-order valence-corrected chi connectivity index (χ0v) is 16.5. The van der Waals surface area contributed by atoms with E-state index in [4.69, 9.17) is 4.74 Å². The number of nitrogens with zero attached hydrogens (tertiary/aromatic N) is 1. The van der Waals surface area contributed by atoms with Crippen LogP contribution in [-0.2, 0) is 14.3 Å². The molecule has 2 N–H and O–H groups in total. The number of nitrogens with one attached hydrogen (secondary N) is 2. The van der Waals surface area contributed by atoms with Crippen molar-refractivity contribution in [2.45, 2.75) is 32.7 Å². The fourth-order valence-corrected chi connectivity index (χ4v) is 3.91. The average molecular weight is 393 g/mol. The van der Waals surface area contributed by atoms with E-state index in [9.17, 15) is 14.4 Å². The molecule has 1 atom stereocenters. The topological polar surface area (TPSA) is 87.7 Å². The molecule has 0 spiro atoms. The van der Waals surface area contributed by atoms with Gasteiger partial charge in [-0.1, -0.05) is 17.7 Å². The molecule has 7 heteroatoms. The summed E-state index contributed by atoms with van der Waals surface area (Å²) < 4.78 is 5.15. The summed E-state index contributed by atoms with van der Waals surface area (Å²) >= 11 is 0. The van der Waals surface area contributed by atoms with Crippen molar-refractivity contribution < 1.29 is 19.1 Å². The van der Waals surface area contributed by atoms with E-state index in [0.717, 1.165) is 36.2 Å². The van der Waals surface area contributed by atoms with Crippen molar-refractivity contribution in [1.29, 1.82) is 0 Å². The van der Waals surface area contributed by atoms with Crippen LogP contribution in [0.2, 0.25) is 0 Å². The summed E-state index contributed by atoms with van der Waals surface area (Å²) in [6.07, 6.45) is 1.81. The number of rotatable bonds is 4. The summed E-state index contributed by atoms with van der Waals surface area (Å²) in [4.78, 5) is 38.8. The van der Waals surface area contributed by atoms with Crippen molar-refractivity contribution in [3.05, 3.63) is 53.1 Å². The summed E-state index contributed by atoms with van der Waals surface area (Å²) in [6.45, 7) is 4.32. The molecule has 2 aliphatic heterocycles. The van der Waals surface area contributed by atoms with Crippen LogP contribution in [0.25, 0.3) is 0 Å². The van der Waals surface area contributed by atoms with Gasteiger partial charge in [0.15, 0.2) is 6.61 Å². The smallest absolute Gasteiger partial charge is 0.338 e. The Morgan fingerprint density at radius 2 is 2.03 bits per heavy atom. The molecule has 2 aliphatic rings. The molecule has 7 nitrogen and oxygen atoms in total. The first-order valence-corrected chi connectivity index (χ1v) is 9.68. The lowest BCUT2D eigenvalue weighted by Crippen LogP contribution is -2.43. The highest BCUT2D eigenvalue weighted by Gasteiger charge is 2.36. The molecule has 29 heavy (non-hydrogen) atoms. The Morgan fingerprint density at radius 3 is 2.83 bits per heavy atom. The van der Waals surface area contributed by atoms with Crippen molar-refractivity contribution in [1.82, 2.24) is 0 Å². The van der Waals surface area contributed by atoms with Crippen LogP contribution in [0, 0.1) is 13.8 Å². The number of benzene rings is 2. The van der Waals surface area contributed by atoms with Gasteiger partial charge in [0.05, 0.1) is 16.9 Å². The van der Waals surface area contributed by atoms with Crippen LogP contribution in [0.15, 0.2) is 36.4 Å². The number of ether oxygens (including phenoxy) is 1. The van der Waals surface area contributed by atoms with Crippen LogP contribution < -0.4 is 15.5 Å². The molecule has 0 saturated carbocycles. The van der Waals surface area contributed by atoms with Gasteiger partial charge < -0.3 is 20.3 Å². The Bertz CT molecular complexity index is 1000. The first-order valence-electron chi connectivity index (χ1n) is 9.68. The molecule has 150 valence electrons. The number of anilines is 3. The second kappa shape index (κ2) is 7.58. The second-order valence-electron chi connectivity index (χ2n) is 7.52. The van der Waals surface area contributed by atoms with E-state index in [2.05, 4.69) is 15.5 Å². The van der Waals surface area contributed by atoms with Crippen molar-refractivity contribution in [3.63, 3.8) is 0 Å². The Kier molecular flexibility index (Phi) is 4.96. The lowest BCUT2D eigenvalue weighted by Gasteiger charge is -2.33. The van der Waals surface area contributed by atoms with Gasteiger partial charge >= 0.3 is 5.97 Å². The molecular weight excluding hydrogens is 370 g/mol. The average Bonchev–Trinajstić information content (AvgIpc) is 3.19. The molecular formula is C22H23N3O4. The molecule has 2 heterocycles. The minimum atomic E-state index is -0.610. The van der Waals surface area contributed by atoms with Gasteiger partial charge in [-0.25, -0.2) is 4.79 Å². The molecule has 1 fully saturated rings. The lowest BCUT2D eigenvalue weighted by molar-refractivity contribution is -0.119. The molecule has 0 unspecified atom stereocenters. The van der Waals surface area contributed by atoms with Crippen LogP contribution in [0.5, 0.6) is 0 Å². The number of carbonyl (C=O) groups is 3. The van der Waals surface area contributed by atoms with E-state index >= 15 is 0 Å². The van der Waals surface area contributed by atoms with Crippen LogP contribution in [-0.4, -0.2) is 37.0 Å². The maximum Gasteiger partial charge on any atom is 0.338 e. The van der Waals surface area contributed by atoms with Gasteiger partial charge in [-0.05, 0) is 56.5 Å². The van der Waals surface area contributed by atoms with Crippen LogP contribution in [0.4, 0.5) is 17.1 Å². The van der Waals surface area contributed by atoms with Crippen molar-refractivity contribution in [3.8, 4) is 0 Å². The molecule has 0 aromatic heterocycles.